The van der Waals surface area contributed by atoms with Crippen LogP contribution in [-0.4, -0.2) is 10.5 Å². The van der Waals surface area contributed by atoms with Crippen LogP contribution in [-0.2, 0) is 11.3 Å². The number of rotatable bonds is 2. The minimum absolute atomic E-state index is 0.165. The van der Waals surface area contributed by atoms with E-state index in [1.54, 1.807) is 6.92 Å². The quantitative estimate of drug-likeness (QED) is 0.783. The van der Waals surface area contributed by atoms with Crippen LogP contribution < -0.4 is 17.0 Å². The first kappa shape index (κ1) is 10.8. The number of hydrogen-bond donors (Lipinski definition) is 2. The van der Waals surface area contributed by atoms with Crippen molar-refractivity contribution in [3.63, 3.8) is 0 Å². The first-order chi connectivity index (χ1) is 6.43. The van der Waals surface area contributed by atoms with Crippen LogP contribution >= 0.6 is 15.9 Å². The number of nitrogen functional groups attached to an aromatic ring is 1. The third-order valence-corrected chi connectivity index (χ3v) is 2.77. The van der Waals surface area contributed by atoms with Gasteiger partial charge in [0.25, 0.3) is 5.56 Å². The summed E-state index contributed by atoms with van der Waals surface area (Å²) in [7, 11) is 0. The van der Waals surface area contributed by atoms with E-state index in [1.807, 2.05) is 0 Å². The first-order valence-electron chi connectivity index (χ1n) is 3.86. The van der Waals surface area contributed by atoms with E-state index in [0.717, 1.165) is 0 Å². The Labute approximate surface area is 88.8 Å². The molecule has 0 radical (unpaired) electrons. The Hall–Kier alpha value is -1.30. The highest BCUT2D eigenvalue weighted by Crippen LogP contribution is 2.16. The van der Waals surface area contributed by atoms with Crippen molar-refractivity contribution in [1.29, 1.82) is 0 Å². The molecule has 0 aliphatic rings. The van der Waals surface area contributed by atoms with Crippen LogP contribution in [0.3, 0.4) is 0 Å². The van der Waals surface area contributed by atoms with Gasteiger partial charge < -0.3 is 16.0 Å². The summed E-state index contributed by atoms with van der Waals surface area (Å²) in [5, 5.41) is 0. The van der Waals surface area contributed by atoms with Gasteiger partial charge in [-0.2, -0.15) is 0 Å². The molecule has 4 N–H and O–H groups in total. The van der Waals surface area contributed by atoms with Gasteiger partial charge >= 0.3 is 0 Å². The molecule has 1 aromatic heterocycles. The van der Waals surface area contributed by atoms with Gasteiger partial charge in [0.1, 0.15) is 6.54 Å². The van der Waals surface area contributed by atoms with Gasteiger partial charge in [0.2, 0.25) is 5.91 Å². The van der Waals surface area contributed by atoms with Crippen LogP contribution in [0.2, 0.25) is 0 Å². The van der Waals surface area contributed by atoms with Crippen molar-refractivity contribution in [2.45, 2.75) is 13.5 Å². The lowest BCUT2D eigenvalue weighted by Crippen LogP contribution is -2.29. The molecule has 0 fully saturated rings. The second-order valence-corrected chi connectivity index (χ2v) is 3.72. The van der Waals surface area contributed by atoms with Gasteiger partial charge in [0.05, 0.1) is 10.2 Å². The molecule has 0 aliphatic heterocycles. The second kappa shape index (κ2) is 3.83. The molecule has 0 bridgehead atoms. The molecule has 0 unspecified atom stereocenters. The van der Waals surface area contributed by atoms with Crippen LogP contribution in [0.15, 0.2) is 15.5 Å². The van der Waals surface area contributed by atoms with Crippen molar-refractivity contribution in [3.8, 4) is 0 Å². The largest absolute Gasteiger partial charge is 0.397 e. The molecule has 76 valence electrons. The molecule has 1 amide bonds. The lowest BCUT2D eigenvalue weighted by atomic mass is 10.2. The fourth-order valence-electron chi connectivity index (χ4n) is 1.02. The summed E-state index contributed by atoms with van der Waals surface area (Å²) in [6.45, 7) is 1.55. The summed E-state index contributed by atoms with van der Waals surface area (Å²) >= 11 is 3.11. The molecule has 0 aromatic carbocycles. The van der Waals surface area contributed by atoms with Gasteiger partial charge in [0.15, 0.2) is 0 Å². The average Bonchev–Trinajstić information content (AvgIpc) is 2.10. The van der Waals surface area contributed by atoms with Gasteiger partial charge in [-0.25, -0.2) is 0 Å². The molecule has 0 atom stereocenters. The molecule has 5 nitrogen and oxygen atoms in total. The SMILES string of the molecule is Cc1c(N)cn(CC(N)=O)c(=O)c1Br. The van der Waals surface area contributed by atoms with Crippen molar-refractivity contribution >= 4 is 27.5 Å². The van der Waals surface area contributed by atoms with Gasteiger partial charge in [-0.1, -0.05) is 0 Å². The van der Waals surface area contributed by atoms with Crippen LogP contribution in [0.25, 0.3) is 0 Å². The highest BCUT2D eigenvalue weighted by Gasteiger charge is 2.09. The monoisotopic (exact) mass is 259 g/mol. The lowest BCUT2D eigenvalue weighted by molar-refractivity contribution is -0.118. The first-order valence-corrected chi connectivity index (χ1v) is 4.66. The number of primary amides is 1. The van der Waals surface area contributed by atoms with Crippen molar-refractivity contribution in [2.75, 3.05) is 5.73 Å². The number of nitrogens with zero attached hydrogens (tertiary/aromatic N) is 1. The van der Waals surface area contributed by atoms with E-state index in [0.29, 0.717) is 15.7 Å². The number of carbonyl (C=O) groups is 1. The number of anilines is 1. The molecular weight excluding hydrogens is 250 g/mol. The fourth-order valence-corrected chi connectivity index (χ4v) is 1.48. The fraction of sp³-hybridized carbons (Fsp3) is 0.250. The van der Waals surface area contributed by atoms with E-state index in [2.05, 4.69) is 15.9 Å². The highest BCUT2D eigenvalue weighted by atomic mass is 79.9. The van der Waals surface area contributed by atoms with Crippen LogP contribution in [0.4, 0.5) is 5.69 Å². The molecule has 1 heterocycles. The van der Waals surface area contributed by atoms with E-state index in [9.17, 15) is 9.59 Å². The molecule has 0 saturated carbocycles. The summed E-state index contributed by atoms with van der Waals surface area (Å²) in [4.78, 5) is 22.2. The van der Waals surface area contributed by atoms with Gasteiger partial charge in [-0.3, -0.25) is 9.59 Å². The van der Waals surface area contributed by atoms with Crippen LogP contribution in [0, 0.1) is 6.92 Å². The van der Waals surface area contributed by atoms with Crippen molar-refractivity contribution in [3.05, 3.63) is 26.6 Å². The Bertz CT molecular complexity index is 439. The zero-order valence-electron chi connectivity index (χ0n) is 7.58. The smallest absolute Gasteiger partial charge is 0.265 e. The standard InChI is InChI=1S/C8H10BrN3O2/c1-4-5(10)2-12(3-6(11)13)8(14)7(4)9/h2H,3,10H2,1H3,(H2,11,13). The maximum Gasteiger partial charge on any atom is 0.265 e. The summed E-state index contributed by atoms with van der Waals surface area (Å²) in [5.41, 5.74) is 11.4. The summed E-state index contributed by atoms with van der Waals surface area (Å²) in [6.07, 6.45) is 1.41. The molecule has 6 heteroatoms. The summed E-state index contributed by atoms with van der Waals surface area (Å²) < 4.78 is 1.54. The number of nitrogens with two attached hydrogens (primary N) is 2. The third-order valence-electron chi connectivity index (χ3n) is 1.83. The second-order valence-electron chi connectivity index (χ2n) is 2.92. The lowest BCUT2D eigenvalue weighted by Gasteiger charge is -2.08. The number of carbonyl (C=O) groups excluding carboxylic acids is 1. The van der Waals surface area contributed by atoms with Crippen LogP contribution in [0.1, 0.15) is 5.56 Å². The van der Waals surface area contributed by atoms with Crippen LogP contribution in [0.5, 0.6) is 0 Å². The zero-order chi connectivity index (χ0) is 10.9. The predicted octanol–water partition coefficient (Wildman–Crippen LogP) is -0.0133. The Morgan fingerprint density at radius 2 is 2.21 bits per heavy atom. The molecule has 0 spiro atoms. The average molecular weight is 260 g/mol. The number of aromatic nitrogens is 1. The van der Waals surface area contributed by atoms with Gasteiger partial charge in [0, 0.05) is 6.20 Å². The predicted molar refractivity (Wildman–Crippen MR) is 56.7 cm³/mol. The van der Waals surface area contributed by atoms with Crippen molar-refractivity contribution < 1.29 is 4.79 Å². The highest BCUT2D eigenvalue weighted by molar-refractivity contribution is 9.10. The van der Waals surface area contributed by atoms with Crippen molar-refractivity contribution in [2.24, 2.45) is 5.73 Å². The van der Waals surface area contributed by atoms with Gasteiger partial charge in [-0.05, 0) is 28.4 Å². The Morgan fingerprint density at radius 3 is 2.71 bits per heavy atom. The maximum absolute atomic E-state index is 11.5. The number of hydrogen-bond acceptors (Lipinski definition) is 3. The number of halogens is 1. The third kappa shape index (κ3) is 1.95. The number of amides is 1. The molecule has 14 heavy (non-hydrogen) atoms. The van der Waals surface area contributed by atoms with E-state index >= 15 is 0 Å². The minimum Gasteiger partial charge on any atom is -0.397 e. The molecular formula is C8H10BrN3O2. The molecule has 1 rings (SSSR count). The molecule has 0 saturated heterocycles. The van der Waals surface area contributed by atoms with Crippen molar-refractivity contribution in [1.82, 2.24) is 4.57 Å². The van der Waals surface area contributed by atoms with E-state index < -0.39 is 5.91 Å². The normalized spacial score (nSPS) is 10.1. The van der Waals surface area contributed by atoms with E-state index in [4.69, 9.17) is 11.5 Å². The van der Waals surface area contributed by atoms with E-state index in [1.165, 1.54) is 10.8 Å². The number of pyridine rings is 1. The molecule has 0 aliphatic carbocycles. The maximum atomic E-state index is 11.5. The topological polar surface area (TPSA) is 91.1 Å². The van der Waals surface area contributed by atoms with E-state index in [-0.39, 0.29) is 12.1 Å². The molecule has 1 aromatic rings. The Kier molecular flexibility index (Phi) is 2.95. The zero-order valence-corrected chi connectivity index (χ0v) is 9.17. The minimum atomic E-state index is -0.581. The van der Waals surface area contributed by atoms with Gasteiger partial charge in [-0.15, -0.1) is 0 Å². The summed E-state index contributed by atoms with van der Waals surface area (Å²) in [6, 6.07) is 0. The Morgan fingerprint density at radius 1 is 1.64 bits per heavy atom. The summed E-state index contributed by atoms with van der Waals surface area (Å²) in [5.74, 6) is -0.581. The Balaban J connectivity index is 3.33.